The van der Waals surface area contributed by atoms with E-state index in [4.69, 9.17) is 4.74 Å². The Balaban J connectivity index is 2.77. The van der Waals surface area contributed by atoms with Gasteiger partial charge in [0.15, 0.2) is 11.6 Å². The number of ether oxygens (including phenoxy) is 1. The first kappa shape index (κ1) is 24.5. The van der Waals surface area contributed by atoms with Crippen molar-refractivity contribution in [2.24, 2.45) is 0 Å². The van der Waals surface area contributed by atoms with Gasteiger partial charge in [-0.15, -0.1) is 0 Å². The largest absolute Gasteiger partial charge is 0.450 e. The molecule has 0 aliphatic carbocycles. The Morgan fingerprint density at radius 1 is 0.733 bits per heavy atom. The summed E-state index contributed by atoms with van der Waals surface area (Å²) < 4.78 is 68.3. The summed E-state index contributed by atoms with van der Waals surface area (Å²) in [5.74, 6) is -7.55. The van der Waals surface area contributed by atoms with Crippen LogP contribution in [0.2, 0.25) is 0 Å². The van der Waals surface area contributed by atoms with Crippen molar-refractivity contribution >= 4 is 12.0 Å². The lowest BCUT2D eigenvalue weighted by Gasteiger charge is -2.30. The van der Waals surface area contributed by atoms with Gasteiger partial charge in [-0.25, -0.2) is 13.7 Å². The molecule has 0 aromatic heterocycles. The van der Waals surface area contributed by atoms with E-state index in [1.165, 1.54) is 0 Å². The molecular weight excluding hydrogens is 420 g/mol. The van der Waals surface area contributed by atoms with Gasteiger partial charge in [-0.2, -0.15) is 13.1 Å². The van der Waals surface area contributed by atoms with Gasteiger partial charge in [0.1, 0.15) is 10.6 Å². The van der Waals surface area contributed by atoms with E-state index in [1.807, 2.05) is 60.6 Å². The summed E-state index contributed by atoms with van der Waals surface area (Å²) in [5, 5.41) is 0. The van der Waals surface area contributed by atoms with E-state index in [9.17, 15) is 17.6 Å². The van der Waals surface area contributed by atoms with Crippen molar-refractivity contribution in [2.45, 2.75) is 64.2 Å². The number of rotatable bonds is 5. The summed E-state index contributed by atoms with van der Waals surface area (Å²) in [6.45, 7) is 13.4. The highest BCUT2D eigenvalue weighted by atomic mass is 32.2. The predicted octanol–water partition coefficient (Wildman–Crippen LogP) is 7.52. The van der Waals surface area contributed by atoms with Gasteiger partial charge >= 0.3 is 0 Å². The number of benzene rings is 2. The molecular formula is C22H26F4O3S. The molecule has 2 rings (SSSR count). The van der Waals surface area contributed by atoms with E-state index in [1.54, 1.807) is 0 Å². The average Bonchev–Trinajstić information content (AvgIpc) is 2.62. The van der Waals surface area contributed by atoms with Gasteiger partial charge in [-0.1, -0.05) is 59.2 Å². The Morgan fingerprint density at radius 3 is 1.53 bits per heavy atom. The fourth-order valence-electron chi connectivity index (χ4n) is 2.92. The van der Waals surface area contributed by atoms with Gasteiger partial charge in [0.05, 0.1) is 19.2 Å². The third-order valence-corrected chi connectivity index (χ3v) is 5.15. The lowest BCUT2D eigenvalue weighted by molar-refractivity contribution is -0.160. The molecule has 0 fully saturated rings. The molecule has 3 nitrogen and oxygen atoms in total. The van der Waals surface area contributed by atoms with Crippen LogP contribution in [0.25, 0.3) is 0 Å². The second-order valence-electron chi connectivity index (χ2n) is 9.02. The van der Waals surface area contributed by atoms with Gasteiger partial charge in [0.25, 0.3) is 0 Å². The maximum Gasteiger partial charge on any atom is 0.205 e. The minimum Gasteiger partial charge on any atom is -0.450 e. The van der Waals surface area contributed by atoms with Gasteiger partial charge in [0, 0.05) is 11.1 Å². The van der Waals surface area contributed by atoms with Crippen LogP contribution in [-0.2, 0) is 20.1 Å². The first-order chi connectivity index (χ1) is 13.7. The maximum atomic E-state index is 14.7. The van der Waals surface area contributed by atoms with Gasteiger partial charge in [0.2, 0.25) is 17.4 Å². The lowest BCUT2D eigenvalue weighted by atomic mass is 9.78. The molecule has 0 aliphatic rings. The number of hydrogen-bond acceptors (Lipinski definition) is 4. The van der Waals surface area contributed by atoms with Crippen molar-refractivity contribution in [2.75, 3.05) is 7.11 Å². The minimum absolute atomic E-state index is 0.0260. The van der Waals surface area contributed by atoms with Crippen LogP contribution in [0.15, 0.2) is 17.0 Å². The highest BCUT2D eigenvalue weighted by Gasteiger charge is 2.32. The monoisotopic (exact) mass is 446 g/mol. The van der Waals surface area contributed by atoms with Crippen molar-refractivity contribution in [1.82, 2.24) is 0 Å². The molecule has 0 radical (unpaired) electrons. The molecule has 0 bridgehead atoms. The Kier molecular flexibility index (Phi) is 7.16. The van der Waals surface area contributed by atoms with Crippen LogP contribution in [0.3, 0.4) is 0 Å². The highest BCUT2D eigenvalue weighted by molar-refractivity contribution is 7.94. The molecule has 2 aromatic carbocycles. The van der Waals surface area contributed by atoms with Crippen molar-refractivity contribution in [1.29, 1.82) is 0 Å². The molecule has 0 saturated carbocycles. The molecule has 0 saturated heterocycles. The SMILES string of the molecule is COOSc1c(F)c(F)c(Oc2c(C(C)(C)C)cc(C)cc2C(C)(C)C)c(F)c1F. The molecule has 166 valence electrons. The quantitative estimate of drug-likeness (QED) is 0.156. The summed E-state index contributed by atoms with van der Waals surface area (Å²) in [7, 11) is 1.09. The second kappa shape index (κ2) is 8.77. The predicted molar refractivity (Wildman–Crippen MR) is 109 cm³/mol. The summed E-state index contributed by atoms with van der Waals surface area (Å²) >= 11 is 0.0260. The van der Waals surface area contributed by atoms with Crippen molar-refractivity contribution in [3.8, 4) is 11.5 Å². The van der Waals surface area contributed by atoms with Gasteiger partial charge in [-0.05, 0) is 17.8 Å². The fraction of sp³-hybridized carbons (Fsp3) is 0.455. The first-order valence-electron chi connectivity index (χ1n) is 9.26. The molecule has 0 heterocycles. The molecule has 0 N–H and O–H groups in total. The normalized spacial score (nSPS) is 12.4. The fourth-order valence-corrected chi connectivity index (χ4v) is 3.38. The summed E-state index contributed by atoms with van der Waals surface area (Å²) in [6, 6.07) is 3.67. The number of halogens is 4. The lowest BCUT2D eigenvalue weighted by Crippen LogP contribution is -2.20. The van der Waals surface area contributed by atoms with Crippen molar-refractivity contribution in [3.63, 3.8) is 0 Å². The molecule has 8 heteroatoms. The van der Waals surface area contributed by atoms with E-state index in [2.05, 4.69) is 9.22 Å². The molecule has 0 spiro atoms. The third kappa shape index (κ3) is 4.92. The number of aryl methyl sites for hydroxylation is 1. The topological polar surface area (TPSA) is 27.7 Å². The van der Waals surface area contributed by atoms with Crippen LogP contribution < -0.4 is 4.74 Å². The highest BCUT2D eigenvalue weighted by Crippen LogP contribution is 2.45. The van der Waals surface area contributed by atoms with E-state index < -0.39 is 44.7 Å². The molecule has 0 unspecified atom stereocenters. The van der Waals surface area contributed by atoms with Crippen LogP contribution in [0.5, 0.6) is 11.5 Å². The zero-order valence-electron chi connectivity index (χ0n) is 18.3. The zero-order valence-corrected chi connectivity index (χ0v) is 19.1. The Bertz CT molecular complexity index is 883. The van der Waals surface area contributed by atoms with Crippen LogP contribution >= 0.6 is 12.0 Å². The molecule has 2 aromatic rings. The van der Waals surface area contributed by atoms with Crippen molar-refractivity contribution in [3.05, 3.63) is 52.1 Å². The second-order valence-corrected chi connectivity index (χ2v) is 9.73. The average molecular weight is 447 g/mol. The molecule has 0 atom stereocenters. The molecule has 0 amide bonds. The van der Waals surface area contributed by atoms with E-state index in [0.29, 0.717) is 11.1 Å². The number of hydrogen-bond donors (Lipinski definition) is 0. The van der Waals surface area contributed by atoms with Gasteiger partial charge < -0.3 is 4.74 Å². The zero-order chi connectivity index (χ0) is 23.0. The molecule has 30 heavy (non-hydrogen) atoms. The Hall–Kier alpha value is -1.77. The van der Waals surface area contributed by atoms with Crippen LogP contribution in [0.4, 0.5) is 17.6 Å². The van der Waals surface area contributed by atoms with Crippen LogP contribution in [0, 0.1) is 30.2 Å². The smallest absolute Gasteiger partial charge is 0.205 e. The summed E-state index contributed by atoms with van der Waals surface area (Å²) in [6.07, 6.45) is 0. The maximum absolute atomic E-state index is 14.7. The van der Waals surface area contributed by atoms with E-state index >= 15 is 0 Å². The third-order valence-electron chi connectivity index (χ3n) is 4.42. The van der Waals surface area contributed by atoms with Gasteiger partial charge in [-0.3, -0.25) is 0 Å². The summed E-state index contributed by atoms with van der Waals surface area (Å²) in [4.78, 5) is 3.23. The van der Waals surface area contributed by atoms with Crippen molar-refractivity contribution < 1.29 is 31.5 Å². The first-order valence-corrected chi connectivity index (χ1v) is 10.0. The Labute approximate surface area is 178 Å². The summed E-state index contributed by atoms with van der Waals surface area (Å²) in [5.41, 5.74) is 1.32. The van der Waals surface area contributed by atoms with Crippen LogP contribution in [0.1, 0.15) is 58.2 Å². The van der Waals surface area contributed by atoms with Crippen LogP contribution in [-0.4, -0.2) is 7.11 Å². The van der Waals surface area contributed by atoms with E-state index in [0.717, 1.165) is 12.7 Å². The Morgan fingerprint density at radius 2 is 1.17 bits per heavy atom. The van der Waals surface area contributed by atoms with E-state index in [-0.39, 0.29) is 17.8 Å². The minimum atomic E-state index is -1.66. The standard InChI is InChI=1S/C22H26F4O3S/c1-11-9-12(21(2,3)4)18(13(10-11)22(5,6)7)28-19-14(23)16(25)20(30-29-27-8)17(26)15(19)24/h9-10H,1-8H3. The molecule has 0 aliphatic heterocycles.